The van der Waals surface area contributed by atoms with Crippen LogP contribution in [0.1, 0.15) is 31.4 Å². The molecule has 0 aliphatic heterocycles. The minimum Gasteiger partial charge on any atom is -0.497 e. The summed E-state index contributed by atoms with van der Waals surface area (Å²) in [7, 11) is 3.39. The number of hydrogen-bond acceptors (Lipinski definition) is 4. The number of nitrogens with zero attached hydrogens (tertiary/aromatic N) is 1. The maximum absolute atomic E-state index is 6.05. The Morgan fingerprint density at radius 2 is 2.05 bits per heavy atom. The van der Waals surface area contributed by atoms with Crippen LogP contribution in [-0.2, 0) is 0 Å². The molecular formula is C16H26N2O2. The predicted octanol–water partition coefficient (Wildman–Crippen LogP) is 2.44. The van der Waals surface area contributed by atoms with Crippen molar-refractivity contribution in [3.8, 4) is 11.5 Å². The number of nitrogens with two attached hydrogens (primary N) is 1. The molecule has 1 atom stereocenters. The van der Waals surface area contributed by atoms with Crippen molar-refractivity contribution < 1.29 is 9.47 Å². The van der Waals surface area contributed by atoms with Crippen molar-refractivity contribution in [2.75, 3.05) is 33.9 Å². The summed E-state index contributed by atoms with van der Waals surface area (Å²) in [5.74, 6) is 2.58. The lowest BCUT2D eigenvalue weighted by molar-refractivity contribution is 0.199. The summed E-state index contributed by atoms with van der Waals surface area (Å²) < 4.78 is 10.8. The van der Waals surface area contributed by atoms with Gasteiger partial charge in [-0.2, -0.15) is 0 Å². The third-order valence-electron chi connectivity index (χ3n) is 4.06. The minimum absolute atomic E-state index is 0.186. The maximum atomic E-state index is 6.05. The van der Waals surface area contributed by atoms with Crippen molar-refractivity contribution in [1.82, 2.24) is 4.90 Å². The van der Waals surface area contributed by atoms with Crippen LogP contribution in [0.5, 0.6) is 11.5 Å². The molecule has 0 bridgehead atoms. The standard InChI is InChI=1S/C16H26N2O2/c1-4-18(11-12-5-6-12)15(10-17)14-9-13(19-2)7-8-16(14)20-3/h7-9,12,15H,4-6,10-11,17H2,1-3H3. The average molecular weight is 278 g/mol. The summed E-state index contributed by atoms with van der Waals surface area (Å²) in [6.45, 7) is 4.90. The highest BCUT2D eigenvalue weighted by atomic mass is 16.5. The lowest BCUT2D eigenvalue weighted by Crippen LogP contribution is -2.35. The van der Waals surface area contributed by atoms with Crippen molar-refractivity contribution in [2.45, 2.75) is 25.8 Å². The van der Waals surface area contributed by atoms with Gasteiger partial charge in [-0.15, -0.1) is 0 Å². The largest absolute Gasteiger partial charge is 0.497 e. The van der Waals surface area contributed by atoms with Crippen molar-refractivity contribution in [3.05, 3.63) is 23.8 Å². The second kappa shape index (κ2) is 6.95. The topological polar surface area (TPSA) is 47.7 Å². The average Bonchev–Trinajstić information content (AvgIpc) is 3.30. The minimum atomic E-state index is 0.186. The maximum Gasteiger partial charge on any atom is 0.123 e. The van der Waals surface area contributed by atoms with E-state index < -0.39 is 0 Å². The highest BCUT2D eigenvalue weighted by Crippen LogP contribution is 2.36. The number of methoxy groups -OCH3 is 2. The van der Waals surface area contributed by atoms with E-state index in [9.17, 15) is 0 Å². The van der Waals surface area contributed by atoms with Crippen LogP contribution in [0.3, 0.4) is 0 Å². The van der Waals surface area contributed by atoms with Gasteiger partial charge in [-0.25, -0.2) is 0 Å². The molecule has 2 N–H and O–H groups in total. The third-order valence-corrected chi connectivity index (χ3v) is 4.06. The molecule has 4 heteroatoms. The van der Waals surface area contributed by atoms with Crippen LogP contribution in [0, 0.1) is 5.92 Å². The summed E-state index contributed by atoms with van der Waals surface area (Å²) in [4.78, 5) is 2.45. The Labute approximate surface area is 121 Å². The van der Waals surface area contributed by atoms with Gasteiger partial charge >= 0.3 is 0 Å². The van der Waals surface area contributed by atoms with Crippen molar-refractivity contribution in [1.29, 1.82) is 0 Å². The van der Waals surface area contributed by atoms with Crippen LogP contribution in [0.4, 0.5) is 0 Å². The number of rotatable bonds is 8. The molecule has 1 fully saturated rings. The fourth-order valence-corrected chi connectivity index (χ4v) is 2.68. The molecule has 1 saturated carbocycles. The Morgan fingerprint density at radius 1 is 1.30 bits per heavy atom. The number of benzene rings is 1. The van der Waals surface area contributed by atoms with Crippen molar-refractivity contribution >= 4 is 0 Å². The SMILES string of the molecule is CCN(CC1CC1)C(CN)c1cc(OC)ccc1OC. The highest BCUT2D eigenvalue weighted by molar-refractivity contribution is 5.42. The molecule has 112 valence electrons. The summed E-state index contributed by atoms with van der Waals surface area (Å²) >= 11 is 0. The quantitative estimate of drug-likeness (QED) is 0.793. The van der Waals surface area contributed by atoms with Crippen LogP contribution in [0.2, 0.25) is 0 Å². The number of hydrogen-bond donors (Lipinski definition) is 1. The molecule has 0 amide bonds. The summed E-state index contributed by atoms with van der Waals surface area (Å²) in [5, 5.41) is 0. The van der Waals surface area contributed by atoms with Crippen molar-refractivity contribution in [3.63, 3.8) is 0 Å². The zero-order valence-electron chi connectivity index (χ0n) is 12.8. The Morgan fingerprint density at radius 3 is 2.55 bits per heavy atom. The van der Waals surface area contributed by atoms with Gasteiger partial charge in [-0.05, 0) is 43.5 Å². The molecule has 1 aliphatic rings. The molecule has 0 saturated heterocycles. The van der Waals surface area contributed by atoms with E-state index in [1.165, 1.54) is 12.8 Å². The molecule has 2 rings (SSSR count). The zero-order valence-corrected chi connectivity index (χ0v) is 12.8. The lowest BCUT2D eigenvalue weighted by Gasteiger charge is -2.31. The molecule has 20 heavy (non-hydrogen) atoms. The van der Waals surface area contributed by atoms with Crippen LogP contribution in [-0.4, -0.2) is 38.8 Å². The number of likely N-dealkylation sites (N-methyl/N-ethyl adjacent to an activating group) is 1. The van der Waals surface area contributed by atoms with Gasteiger partial charge in [0.25, 0.3) is 0 Å². The van der Waals surface area contributed by atoms with Gasteiger partial charge in [0.1, 0.15) is 11.5 Å². The molecule has 0 heterocycles. The normalized spacial score (nSPS) is 16.2. The van der Waals surface area contributed by atoms with E-state index in [4.69, 9.17) is 15.2 Å². The van der Waals surface area contributed by atoms with E-state index in [-0.39, 0.29) is 6.04 Å². The highest BCUT2D eigenvalue weighted by Gasteiger charge is 2.29. The Kier molecular flexibility index (Phi) is 5.26. The molecule has 1 aromatic carbocycles. The van der Waals surface area contributed by atoms with E-state index in [1.807, 2.05) is 18.2 Å². The Bertz CT molecular complexity index is 432. The lowest BCUT2D eigenvalue weighted by atomic mass is 10.0. The molecule has 1 aliphatic carbocycles. The van der Waals surface area contributed by atoms with E-state index in [1.54, 1.807) is 14.2 Å². The third kappa shape index (κ3) is 3.44. The van der Waals surface area contributed by atoms with Crippen LogP contribution >= 0.6 is 0 Å². The molecule has 1 aromatic rings. The van der Waals surface area contributed by atoms with Gasteiger partial charge in [0.05, 0.1) is 20.3 Å². The second-order valence-electron chi connectivity index (χ2n) is 5.39. The van der Waals surface area contributed by atoms with E-state index in [2.05, 4.69) is 11.8 Å². The summed E-state index contributed by atoms with van der Waals surface area (Å²) in [6.07, 6.45) is 2.70. The van der Waals surface area contributed by atoms with Gasteiger partial charge in [0, 0.05) is 18.7 Å². The van der Waals surface area contributed by atoms with Gasteiger partial charge in [0.15, 0.2) is 0 Å². The summed E-state index contributed by atoms with van der Waals surface area (Å²) in [5.41, 5.74) is 7.18. The van der Waals surface area contributed by atoms with Crippen LogP contribution in [0.15, 0.2) is 18.2 Å². The molecule has 4 nitrogen and oxygen atoms in total. The van der Waals surface area contributed by atoms with E-state index in [0.29, 0.717) is 6.54 Å². The fraction of sp³-hybridized carbons (Fsp3) is 0.625. The van der Waals surface area contributed by atoms with Gasteiger partial charge in [-0.3, -0.25) is 4.90 Å². The fourth-order valence-electron chi connectivity index (χ4n) is 2.68. The zero-order chi connectivity index (χ0) is 14.5. The van der Waals surface area contributed by atoms with Gasteiger partial charge in [0.2, 0.25) is 0 Å². The smallest absolute Gasteiger partial charge is 0.123 e. The van der Waals surface area contributed by atoms with Crippen LogP contribution in [0.25, 0.3) is 0 Å². The molecule has 0 radical (unpaired) electrons. The molecular weight excluding hydrogens is 252 g/mol. The monoisotopic (exact) mass is 278 g/mol. The summed E-state index contributed by atoms with van der Waals surface area (Å²) in [6, 6.07) is 6.12. The molecule has 1 unspecified atom stereocenters. The second-order valence-corrected chi connectivity index (χ2v) is 5.39. The first-order valence-corrected chi connectivity index (χ1v) is 7.39. The van der Waals surface area contributed by atoms with Gasteiger partial charge in [-0.1, -0.05) is 6.92 Å². The predicted molar refractivity (Wildman–Crippen MR) is 81.3 cm³/mol. The number of ether oxygens (including phenoxy) is 2. The van der Waals surface area contributed by atoms with Crippen molar-refractivity contribution in [2.24, 2.45) is 11.7 Å². The first-order valence-electron chi connectivity index (χ1n) is 7.39. The molecule has 0 aromatic heterocycles. The Balaban J connectivity index is 2.27. The van der Waals surface area contributed by atoms with E-state index >= 15 is 0 Å². The van der Waals surface area contributed by atoms with Gasteiger partial charge < -0.3 is 15.2 Å². The Hall–Kier alpha value is -1.26. The van der Waals surface area contributed by atoms with E-state index in [0.717, 1.165) is 36.1 Å². The first kappa shape index (κ1) is 15.1. The van der Waals surface area contributed by atoms with Crippen LogP contribution < -0.4 is 15.2 Å². The molecule has 0 spiro atoms. The first-order chi connectivity index (χ1) is 9.73.